The Morgan fingerprint density at radius 3 is 2.71 bits per heavy atom. The van der Waals surface area contributed by atoms with Crippen LogP contribution in [-0.4, -0.2) is 82.5 Å². The first kappa shape index (κ1) is 33.4. The minimum absolute atomic E-state index is 0.0379. The predicted octanol–water partition coefficient (Wildman–Crippen LogP) is 3.19. The molecule has 16 heteroatoms. The Bertz CT molecular complexity index is 1770. The topological polar surface area (TPSA) is 167 Å². The summed E-state index contributed by atoms with van der Waals surface area (Å²) in [6, 6.07) is 2.84. The van der Waals surface area contributed by atoms with Crippen LogP contribution in [0.5, 0.6) is 0 Å². The van der Waals surface area contributed by atoms with Crippen molar-refractivity contribution in [2.75, 3.05) is 11.9 Å². The Morgan fingerprint density at radius 2 is 1.96 bits per heavy atom. The van der Waals surface area contributed by atoms with Crippen LogP contribution < -0.4 is 15.4 Å². The molecule has 2 saturated carbocycles. The van der Waals surface area contributed by atoms with E-state index in [4.69, 9.17) is 4.74 Å². The number of hydrogen-bond acceptors (Lipinski definition) is 10. The maximum Gasteiger partial charge on any atom is 0.410 e. The molecule has 0 unspecified atom stereocenters. The molecule has 7 rings (SSSR count). The minimum Gasteiger partial charge on any atom is -0.444 e. The number of rotatable bonds is 6. The van der Waals surface area contributed by atoms with E-state index in [1.807, 2.05) is 12.2 Å². The molecule has 1 saturated heterocycles. The second kappa shape index (κ2) is 13.3. The molecular weight excluding hydrogens is 676 g/mol. The van der Waals surface area contributed by atoms with Gasteiger partial charge in [0.15, 0.2) is 5.13 Å². The van der Waals surface area contributed by atoms with Gasteiger partial charge in [0.05, 0.1) is 18.3 Å². The maximum atomic E-state index is 14.4. The van der Waals surface area contributed by atoms with Crippen molar-refractivity contribution >= 4 is 50.3 Å². The first-order valence-electron chi connectivity index (χ1n) is 16.8. The van der Waals surface area contributed by atoms with Crippen molar-refractivity contribution in [2.45, 2.75) is 99.9 Å². The van der Waals surface area contributed by atoms with Crippen LogP contribution >= 0.6 is 11.3 Å². The smallest absolute Gasteiger partial charge is 0.410 e. The van der Waals surface area contributed by atoms with Gasteiger partial charge in [-0.3, -0.25) is 24.0 Å². The molecule has 5 aliphatic rings. The van der Waals surface area contributed by atoms with E-state index in [1.165, 1.54) is 27.2 Å². The van der Waals surface area contributed by atoms with Crippen molar-refractivity contribution in [3.63, 3.8) is 0 Å². The number of thiazole rings is 1. The molecule has 1 aromatic heterocycles. The second-order valence-corrected chi connectivity index (χ2v) is 16.4. The first-order valence-corrected chi connectivity index (χ1v) is 19.2. The zero-order chi connectivity index (χ0) is 34.3. The Morgan fingerprint density at radius 1 is 1.12 bits per heavy atom. The van der Waals surface area contributed by atoms with Crippen molar-refractivity contribution in [1.82, 2.24) is 24.8 Å². The van der Waals surface area contributed by atoms with E-state index < -0.39 is 68.6 Å². The van der Waals surface area contributed by atoms with Gasteiger partial charge in [0.1, 0.15) is 29.5 Å². The molecule has 0 spiro atoms. The molecule has 0 bridgehead atoms. The van der Waals surface area contributed by atoms with Gasteiger partial charge in [-0.25, -0.2) is 22.6 Å². The van der Waals surface area contributed by atoms with E-state index >= 15 is 0 Å². The third-order valence-electron chi connectivity index (χ3n) is 10.0. The van der Waals surface area contributed by atoms with Crippen molar-refractivity contribution < 1.29 is 36.7 Å². The molecule has 0 radical (unpaired) electrons. The molecule has 5 atom stereocenters. The molecule has 3 aliphatic heterocycles. The summed E-state index contributed by atoms with van der Waals surface area (Å²) in [5.74, 6) is -2.64. The van der Waals surface area contributed by atoms with E-state index in [9.17, 15) is 32.0 Å². The minimum atomic E-state index is -3.88. The number of sulfonamides is 1. The number of hydrogen-bond donors (Lipinski definition) is 3. The number of nitrogens with one attached hydrogen (secondary N) is 3. The molecule has 4 heterocycles. The highest BCUT2D eigenvalue weighted by Gasteiger charge is 2.62. The number of amides is 4. The number of allylic oxidation sites excluding steroid dienone is 1. The summed E-state index contributed by atoms with van der Waals surface area (Å²) in [5, 5.41) is 7.77. The largest absolute Gasteiger partial charge is 0.444 e. The molecule has 3 fully saturated rings. The third-order valence-corrected chi connectivity index (χ3v) is 12.5. The number of ether oxygens (including phenoxy) is 1. The number of carbonyl (C=O) groups is 4. The summed E-state index contributed by atoms with van der Waals surface area (Å²) >= 11 is 1.34. The second-order valence-electron chi connectivity index (χ2n) is 13.5. The van der Waals surface area contributed by atoms with Crippen LogP contribution in [0.3, 0.4) is 0 Å². The van der Waals surface area contributed by atoms with Gasteiger partial charge >= 0.3 is 6.09 Å². The lowest BCUT2D eigenvalue weighted by atomic mass is 10.1. The van der Waals surface area contributed by atoms with E-state index in [0.717, 1.165) is 25.7 Å². The zero-order valence-corrected chi connectivity index (χ0v) is 28.4. The van der Waals surface area contributed by atoms with Crippen LogP contribution in [0.4, 0.5) is 14.3 Å². The van der Waals surface area contributed by atoms with E-state index in [0.29, 0.717) is 35.5 Å². The summed E-state index contributed by atoms with van der Waals surface area (Å²) in [4.78, 5) is 62.4. The van der Waals surface area contributed by atoms with Gasteiger partial charge in [-0.1, -0.05) is 37.1 Å². The molecular formula is C33H39FN6O7S2. The van der Waals surface area contributed by atoms with Gasteiger partial charge in [-0.05, 0) is 50.2 Å². The fourth-order valence-corrected chi connectivity index (χ4v) is 8.96. The summed E-state index contributed by atoms with van der Waals surface area (Å²) < 4.78 is 47.9. The van der Waals surface area contributed by atoms with Gasteiger partial charge in [0.2, 0.25) is 21.8 Å². The molecule has 2 aliphatic carbocycles. The predicted molar refractivity (Wildman–Crippen MR) is 177 cm³/mol. The van der Waals surface area contributed by atoms with Crippen LogP contribution in [0.15, 0.2) is 41.9 Å². The number of nitrogens with zero attached hydrogens (tertiary/aromatic N) is 3. The monoisotopic (exact) mass is 714 g/mol. The van der Waals surface area contributed by atoms with Crippen LogP contribution in [-0.2, 0) is 42.2 Å². The maximum absolute atomic E-state index is 14.4. The van der Waals surface area contributed by atoms with Gasteiger partial charge in [-0.15, -0.1) is 11.3 Å². The van der Waals surface area contributed by atoms with Crippen molar-refractivity contribution in [2.24, 2.45) is 5.92 Å². The standard InChI is InChI=1S/C33H39FN6O7S2/c34-25-9-6-7-20-17-39(19-24(20)25)32(44)47-22-15-27-28(41)37-33(30(43)38-49(45,46)23-11-12-23)16-21(33)8-4-2-1-3-5-10-26(29(42)40(27)18-22)36-31-35-13-14-48-31/h4,6-9,13-14,21-23,26-27H,1-3,5,10-12,15-19H2,(H,35,36)(H,37,41)(H,38,43)/t21-,22-,26+,27+,33-/m1/s1. The fourth-order valence-electron chi connectivity index (χ4n) is 7.02. The van der Waals surface area contributed by atoms with Gasteiger partial charge in [0, 0.05) is 36.0 Å². The Labute approximate surface area is 287 Å². The van der Waals surface area contributed by atoms with Crippen LogP contribution in [0, 0.1) is 11.7 Å². The van der Waals surface area contributed by atoms with Crippen LogP contribution in [0.1, 0.15) is 68.9 Å². The Kier molecular flexibility index (Phi) is 9.11. The number of anilines is 1. The quantitative estimate of drug-likeness (QED) is 0.381. The molecule has 2 aromatic rings. The summed E-state index contributed by atoms with van der Waals surface area (Å²) in [7, 11) is -3.88. The number of fused-ring (bicyclic) bond motifs is 3. The number of aromatic nitrogens is 1. The average molecular weight is 715 g/mol. The van der Waals surface area contributed by atoms with Crippen molar-refractivity contribution in [3.05, 3.63) is 58.9 Å². The summed E-state index contributed by atoms with van der Waals surface area (Å²) in [6.45, 7) is 0.129. The summed E-state index contributed by atoms with van der Waals surface area (Å²) in [6.07, 6.45) is 8.61. The number of carbonyl (C=O) groups excluding carboxylic acids is 4. The third kappa shape index (κ3) is 7.02. The Hall–Kier alpha value is -4.05. The highest BCUT2D eigenvalue weighted by Crippen LogP contribution is 2.46. The van der Waals surface area contributed by atoms with E-state index in [1.54, 1.807) is 23.7 Å². The summed E-state index contributed by atoms with van der Waals surface area (Å²) in [5.41, 5.74) is -0.394. The highest BCUT2D eigenvalue weighted by molar-refractivity contribution is 7.91. The average Bonchev–Trinajstić information content (AvgIpc) is 3.84. The van der Waals surface area contributed by atoms with E-state index in [2.05, 4.69) is 20.3 Å². The van der Waals surface area contributed by atoms with Crippen molar-refractivity contribution in [3.8, 4) is 0 Å². The van der Waals surface area contributed by atoms with Gasteiger partial charge < -0.3 is 20.3 Å². The molecule has 13 nitrogen and oxygen atoms in total. The lowest BCUT2D eigenvalue weighted by Gasteiger charge is -2.29. The lowest BCUT2D eigenvalue weighted by Crippen LogP contribution is -2.57. The SMILES string of the molecule is O=C1N[C@]2(C(=O)NS(=O)(=O)C3CC3)C[C@H]2C=CCCCCC[C@H](Nc2nccs2)C(=O)N2C[C@H](OC(=O)N3Cc4cccc(F)c4C3)C[C@@H]12. The fraction of sp³-hybridized carbons (Fsp3) is 0.545. The molecule has 1 aromatic carbocycles. The molecule has 49 heavy (non-hydrogen) atoms. The van der Waals surface area contributed by atoms with Crippen LogP contribution in [0.2, 0.25) is 0 Å². The number of halogens is 1. The molecule has 4 amide bonds. The lowest BCUT2D eigenvalue weighted by molar-refractivity contribution is -0.140. The highest BCUT2D eigenvalue weighted by atomic mass is 32.2. The first-order chi connectivity index (χ1) is 23.5. The van der Waals surface area contributed by atoms with Gasteiger partial charge in [0.25, 0.3) is 5.91 Å². The normalized spacial score (nSPS) is 28.8. The Balaban J connectivity index is 1.14. The zero-order valence-electron chi connectivity index (χ0n) is 26.8. The van der Waals surface area contributed by atoms with Gasteiger partial charge in [-0.2, -0.15) is 0 Å². The van der Waals surface area contributed by atoms with Crippen LogP contribution in [0.25, 0.3) is 0 Å². The van der Waals surface area contributed by atoms with E-state index in [-0.39, 0.29) is 38.4 Å². The number of benzene rings is 1. The van der Waals surface area contributed by atoms with Crippen molar-refractivity contribution in [1.29, 1.82) is 0 Å². The molecule has 262 valence electrons. The molecule has 3 N–H and O–H groups in total.